The molecule has 0 spiro atoms. The van der Waals surface area contributed by atoms with E-state index in [1.54, 1.807) is 36.4 Å². The van der Waals surface area contributed by atoms with Gasteiger partial charge in [0.25, 0.3) is 15.9 Å². The number of sulfonamides is 1. The summed E-state index contributed by atoms with van der Waals surface area (Å²) in [5.41, 5.74) is 2.36. The molecular formula is C23H24N2O3S. The minimum Gasteiger partial charge on any atom is -0.345 e. The van der Waals surface area contributed by atoms with E-state index >= 15 is 0 Å². The Balaban J connectivity index is 1.86. The Morgan fingerprint density at radius 3 is 2.31 bits per heavy atom. The number of hydrogen-bond acceptors (Lipinski definition) is 3. The van der Waals surface area contributed by atoms with E-state index in [1.807, 2.05) is 50.2 Å². The first-order valence-corrected chi connectivity index (χ1v) is 10.9. The minimum absolute atomic E-state index is 0.156. The molecule has 0 radical (unpaired) electrons. The van der Waals surface area contributed by atoms with Crippen LogP contribution in [0.4, 0.5) is 5.69 Å². The second-order valence-electron chi connectivity index (χ2n) is 6.81. The highest BCUT2D eigenvalue weighted by atomic mass is 32.2. The SMILES string of the molecule is CC[C@H](NC(=O)c1ccccc1NS(=O)(=O)c1cccc(C)c1)c1ccccc1. The van der Waals surface area contributed by atoms with E-state index in [1.165, 1.54) is 6.07 Å². The molecule has 3 aromatic rings. The van der Waals surface area contributed by atoms with Crippen LogP contribution in [0.5, 0.6) is 0 Å². The summed E-state index contributed by atoms with van der Waals surface area (Å²) in [5, 5.41) is 3.00. The van der Waals surface area contributed by atoms with Crippen LogP contribution in [-0.2, 0) is 10.0 Å². The van der Waals surface area contributed by atoms with E-state index in [0.29, 0.717) is 6.42 Å². The van der Waals surface area contributed by atoms with Crippen molar-refractivity contribution in [3.8, 4) is 0 Å². The number of hydrogen-bond donors (Lipinski definition) is 2. The Bertz CT molecular complexity index is 1100. The molecule has 0 bridgehead atoms. The van der Waals surface area contributed by atoms with Gasteiger partial charge >= 0.3 is 0 Å². The fourth-order valence-corrected chi connectivity index (χ4v) is 4.28. The fourth-order valence-electron chi connectivity index (χ4n) is 3.10. The number of anilines is 1. The highest BCUT2D eigenvalue weighted by molar-refractivity contribution is 7.92. The molecular weight excluding hydrogens is 384 g/mol. The van der Waals surface area contributed by atoms with Gasteiger partial charge in [0.1, 0.15) is 0 Å². The number of carbonyl (C=O) groups is 1. The third kappa shape index (κ3) is 5.03. The van der Waals surface area contributed by atoms with Crippen LogP contribution in [0.15, 0.2) is 83.8 Å². The van der Waals surface area contributed by atoms with E-state index in [-0.39, 0.29) is 28.1 Å². The van der Waals surface area contributed by atoms with Crippen molar-refractivity contribution in [3.05, 3.63) is 95.6 Å². The van der Waals surface area contributed by atoms with E-state index in [0.717, 1.165) is 11.1 Å². The number of benzene rings is 3. The van der Waals surface area contributed by atoms with Gasteiger partial charge in [-0.1, -0.05) is 61.5 Å². The predicted octanol–water partition coefficient (Wildman–Crippen LogP) is 4.68. The van der Waals surface area contributed by atoms with Crippen LogP contribution in [0.3, 0.4) is 0 Å². The lowest BCUT2D eigenvalue weighted by atomic mass is 10.0. The summed E-state index contributed by atoms with van der Waals surface area (Å²) in [5.74, 6) is -0.330. The van der Waals surface area contributed by atoms with Crippen molar-refractivity contribution in [3.63, 3.8) is 0 Å². The van der Waals surface area contributed by atoms with Crippen LogP contribution in [0.1, 0.15) is 40.9 Å². The minimum atomic E-state index is -3.81. The zero-order valence-corrected chi connectivity index (χ0v) is 17.2. The number of aryl methyl sites for hydroxylation is 1. The fraction of sp³-hybridized carbons (Fsp3) is 0.174. The zero-order valence-electron chi connectivity index (χ0n) is 16.4. The van der Waals surface area contributed by atoms with Crippen LogP contribution in [0.2, 0.25) is 0 Å². The molecule has 5 nitrogen and oxygen atoms in total. The number of carbonyl (C=O) groups excluding carboxylic acids is 1. The Labute approximate surface area is 171 Å². The van der Waals surface area contributed by atoms with Crippen molar-refractivity contribution in [2.45, 2.75) is 31.2 Å². The van der Waals surface area contributed by atoms with Gasteiger partial charge in [-0.3, -0.25) is 9.52 Å². The van der Waals surface area contributed by atoms with Crippen molar-refractivity contribution >= 4 is 21.6 Å². The van der Waals surface area contributed by atoms with E-state index in [4.69, 9.17) is 0 Å². The maximum Gasteiger partial charge on any atom is 0.261 e. The van der Waals surface area contributed by atoms with Gasteiger partial charge in [-0.2, -0.15) is 0 Å². The lowest BCUT2D eigenvalue weighted by Crippen LogP contribution is -2.29. The van der Waals surface area contributed by atoms with Crippen LogP contribution < -0.4 is 10.0 Å². The molecule has 6 heteroatoms. The number of rotatable bonds is 7. The summed E-state index contributed by atoms with van der Waals surface area (Å²) in [7, 11) is -3.81. The van der Waals surface area contributed by atoms with Gasteiger partial charge in [-0.05, 0) is 48.7 Å². The molecule has 1 atom stereocenters. The van der Waals surface area contributed by atoms with Crippen LogP contribution in [0, 0.1) is 6.92 Å². The standard InChI is InChI=1S/C23H24N2O3S/c1-3-21(18-11-5-4-6-12-18)24-23(26)20-14-7-8-15-22(20)25-29(27,28)19-13-9-10-17(2)16-19/h4-16,21,25H,3H2,1-2H3,(H,24,26)/t21-/m0/s1. The molecule has 0 fully saturated rings. The monoisotopic (exact) mass is 408 g/mol. The number of amides is 1. The molecule has 0 saturated heterocycles. The largest absolute Gasteiger partial charge is 0.345 e. The topological polar surface area (TPSA) is 75.3 Å². The molecule has 3 rings (SSSR count). The first kappa shape index (κ1) is 20.6. The van der Waals surface area contributed by atoms with Crippen LogP contribution in [-0.4, -0.2) is 14.3 Å². The van der Waals surface area contributed by atoms with Gasteiger partial charge in [-0.25, -0.2) is 8.42 Å². The summed E-state index contributed by atoms with van der Waals surface area (Å²) in [6.45, 7) is 3.82. The second kappa shape index (κ2) is 8.92. The quantitative estimate of drug-likeness (QED) is 0.596. The Morgan fingerprint density at radius 1 is 0.931 bits per heavy atom. The average Bonchev–Trinajstić information content (AvgIpc) is 2.72. The Hall–Kier alpha value is -3.12. The molecule has 0 unspecified atom stereocenters. The molecule has 0 saturated carbocycles. The maximum absolute atomic E-state index is 12.9. The third-order valence-electron chi connectivity index (χ3n) is 4.63. The summed E-state index contributed by atoms with van der Waals surface area (Å²) in [6, 6.07) is 22.8. The van der Waals surface area contributed by atoms with Crippen LogP contribution >= 0.6 is 0 Å². The van der Waals surface area contributed by atoms with Crippen molar-refractivity contribution in [1.82, 2.24) is 5.32 Å². The maximum atomic E-state index is 12.9. The molecule has 29 heavy (non-hydrogen) atoms. The lowest BCUT2D eigenvalue weighted by Gasteiger charge is -2.19. The number of para-hydroxylation sites is 1. The second-order valence-corrected chi connectivity index (χ2v) is 8.49. The normalized spacial score (nSPS) is 12.2. The molecule has 0 aromatic heterocycles. The predicted molar refractivity (Wildman–Crippen MR) is 115 cm³/mol. The molecule has 3 aromatic carbocycles. The molecule has 150 valence electrons. The molecule has 0 aliphatic heterocycles. The van der Waals surface area contributed by atoms with Gasteiger partial charge in [-0.15, -0.1) is 0 Å². The Kier molecular flexibility index (Phi) is 6.34. The highest BCUT2D eigenvalue weighted by Crippen LogP contribution is 2.23. The van der Waals surface area contributed by atoms with Gasteiger partial charge < -0.3 is 5.32 Å². The smallest absolute Gasteiger partial charge is 0.261 e. The third-order valence-corrected chi connectivity index (χ3v) is 5.99. The van der Waals surface area contributed by atoms with Crippen LogP contribution in [0.25, 0.3) is 0 Å². The molecule has 2 N–H and O–H groups in total. The molecule has 0 aliphatic carbocycles. The van der Waals surface area contributed by atoms with Gasteiger partial charge in [0.15, 0.2) is 0 Å². The summed E-state index contributed by atoms with van der Waals surface area (Å²) >= 11 is 0. The lowest BCUT2D eigenvalue weighted by molar-refractivity contribution is 0.0936. The van der Waals surface area contributed by atoms with Gasteiger partial charge in [0.05, 0.1) is 22.2 Å². The first-order valence-electron chi connectivity index (χ1n) is 9.45. The first-order chi connectivity index (χ1) is 13.9. The van der Waals surface area contributed by atoms with Crippen molar-refractivity contribution < 1.29 is 13.2 Å². The molecule has 1 amide bonds. The highest BCUT2D eigenvalue weighted by Gasteiger charge is 2.20. The van der Waals surface area contributed by atoms with Crippen molar-refractivity contribution in [2.75, 3.05) is 4.72 Å². The summed E-state index contributed by atoms with van der Waals surface area (Å²) in [4.78, 5) is 13.1. The average molecular weight is 409 g/mol. The van der Waals surface area contributed by atoms with Gasteiger partial charge in [0, 0.05) is 0 Å². The summed E-state index contributed by atoms with van der Waals surface area (Å²) in [6.07, 6.45) is 0.715. The van der Waals surface area contributed by atoms with Crippen molar-refractivity contribution in [1.29, 1.82) is 0 Å². The Morgan fingerprint density at radius 2 is 1.62 bits per heavy atom. The van der Waals surface area contributed by atoms with Crippen molar-refractivity contribution in [2.24, 2.45) is 0 Å². The van der Waals surface area contributed by atoms with E-state index in [9.17, 15) is 13.2 Å². The summed E-state index contributed by atoms with van der Waals surface area (Å²) < 4.78 is 28.1. The zero-order chi connectivity index (χ0) is 20.9. The van der Waals surface area contributed by atoms with E-state index < -0.39 is 10.0 Å². The number of nitrogens with one attached hydrogen (secondary N) is 2. The van der Waals surface area contributed by atoms with Gasteiger partial charge in [0.2, 0.25) is 0 Å². The molecule has 0 aliphatic rings. The van der Waals surface area contributed by atoms with E-state index in [2.05, 4.69) is 10.0 Å². The molecule has 0 heterocycles.